The molecule has 0 atom stereocenters. The van der Waals surface area contributed by atoms with Gasteiger partial charge in [-0.3, -0.25) is 14.5 Å². The van der Waals surface area contributed by atoms with Gasteiger partial charge in [0.05, 0.1) is 0 Å². The lowest BCUT2D eigenvalue weighted by atomic mass is 10.2. The number of aromatic nitrogens is 1. The number of amides is 2. The van der Waals surface area contributed by atoms with Crippen molar-refractivity contribution in [2.24, 2.45) is 0 Å². The minimum absolute atomic E-state index is 0.0480. The topological polar surface area (TPSA) is 68.4 Å². The fraction of sp³-hybridized carbons (Fsp3) is 0.304. The molecule has 156 valence electrons. The number of nitrogens with zero attached hydrogens (tertiary/aromatic N) is 2. The molecule has 6 nitrogen and oxygen atoms in total. The number of hydrogen-bond donors (Lipinski definition) is 2. The maximum absolute atomic E-state index is 13.4. The van der Waals surface area contributed by atoms with E-state index in [1.165, 1.54) is 24.6 Å². The van der Waals surface area contributed by atoms with E-state index in [-0.39, 0.29) is 17.6 Å². The number of hydrogen-bond acceptors (Lipinski definition) is 3. The number of fused-ring (bicyclic) bond motifs is 1. The van der Waals surface area contributed by atoms with Crippen LogP contribution in [-0.2, 0) is 11.3 Å². The molecule has 2 aromatic carbocycles. The normalized spacial score (nSPS) is 15.2. The van der Waals surface area contributed by atoms with Gasteiger partial charge in [0.2, 0.25) is 5.91 Å². The number of halogens is 1. The number of nitrogens with one attached hydrogen (secondary N) is 2. The standard InChI is InChI=1S/C23H25FN4O2/c1-16(29)25-20-6-3-17(4-7-20)15-27-9-2-10-28(12-11-27)23(30)22-14-18-13-19(24)5-8-21(18)26-22/h3-8,13-14,26H,2,9-12,15H2,1H3,(H,25,29). The zero-order valence-electron chi connectivity index (χ0n) is 17.0. The molecule has 0 radical (unpaired) electrons. The van der Waals surface area contributed by atoms with Crippen LogP contribution in [0.2, 0.25) is 0 Å². The second-order valence-electron chi connectivity index (χ2n) is 7.71. The third-order valence-electron chi connectivity index (χ3n) is 5.37. The molecule has 1 fully saturated rings. The molecule has 4 rings (SSSR count). The van der Waals surface area contributed by atoms with Gasteiger partial charge in [0, 0.05) is 56.2 Å². The van der Waals surface area contributed by atoms with Crippen molar-refractivity contribution >= 4 is 28.4 Å². The van der Waals surface area contributed by atoms with E-state index < -0.39 is 0 Å². The Hall–Kier alpha value is -3.19. The van der Waals surface area contributed by atoms with Crippen LogP contribution in [0.25, 0.3) is 10.9 Å². The number of rotatable bonds is 4. The Bertz CT molecular complexity index is 1060. The second kappa shape index (κ2) is 8.67. The number of aromatic amines is 1. The molecular formula is C23H25FN4O2. The highest BCUT2D eigenvalue weighted by Crippen LogP contribution is 2.19. The van der Waals surface area contributed by atoms with Crippen molar-refractivity contribution in [1.29, 1.82) is 0 Å². The molecule has 3 aromatic rings. The summed E-state index contributed by atoms with van der Waals surface area (Å²) in [7, 11) is 0. The Morgan fingerprint density at radius 1 is 1.03 bits per heavy atom. The molecule has 1 aliphatic rings. The van der Waals surface area contributed by atoms with Crippen molar-refractivity contribution in [2.45, 2.75) is 19.9 Å². The molecule has 0 aliphatic carbocycles. The average Bonchev–Trinajstić information content (AvgIpc) is 2.99. The van der Waals surface area contributed by atoms with Gasteiger partial charge in [-0.25, -0.2) is 4.39 Å². The number of H-pyrrole nitrogens is 1. The van der Waals surface area contributed by atoms with Crippen molar-refractivity contribution in [1.82, 2.24) is 14.8 Å². The molecule has 2 N–H and O–H groups in total. The van der Waals surface area contributed by atoms with Gasteiger partial charge in [0.1, 0.15) is 11.5 Å². The number of carbonyl (C=O) groups excluding carboxylic acids is 2. The first-order valence-corrected chi connectivity index (χ1v) is 10.1. The van der Waals surface area contributed by atoms with Crippen LogP contribution in [0.5, 0.6) is 0 Å². The van der Waals surface area contributed by atoms with E-state index in [9.17, 15) is 14.0 Å². The van der Waals surface area contributed by atoms with E-state index in [2.05, 4.69) is 15.2 Å². The molecule has 0 saturated carbocycles. The van der Waals surface area contributed by atoms with E-state index >= 15 is 0 Å². The van der Waals surface area contributed by atoms with Crippen LogP contribution in [-0.4, -0.2) is 52.8 Å². The van der Waals surface area contributed by atoms with Crippen molar-refractivity contribution in [3.8, 4) is 0 Å². The largest absolute Gasteiger partial charge is 0.351 e. The zero-order valence-corrected chi connectivity index (χ0v) is 17.0. The maximum Gasteiger partial charge on any atom is 0.270 e. The third kappa shape index (κ3) is 4.68. The van der Waals surface area contributed by atoms with Gasteiger partial charge in [-0.2, -0.15) is 0 Å². The zero-order chi connectivity index (χ0) is 21.1. The molecule has 0 unspecified atom stereocenters. The van der Waals surface area contributed by atoms with E-state index in [0.717, 1.165) is 37.3 Å². The molecule has 7 heteroatoms. The fourth-order valence-electron chi connectivity index (χ4n) is 3.88. The van der Waals surface area contributed by atoms with Crippen LogP contribution < -0.4 is 5.32 Å². The molecule has 1 aromatic heterocycles. The van der Waals surface area contributed by atoms with Gasteiger partial charge >= 0.3 is 0 Å². The van der Waals surface area contributed by atoms with Crippen LogP contribution in [0.1, 0.15) is 29.4 Å². The van der Waals surface area contributed by atoms with Crippen LogP contribution in [0.4, 0.5) is 10.1 Å². The molecule has 2 heterocycles. The van der Waals surface area contributed by atoms with E-state index in [1.807, 2.05) is 29.2 Å². The Kier molecular flexibility index (Phi) is 5.81. The van der Waals surface area contributed by atoms with Gasteiger partial charge in [0.15, 0.2) is 0 Å². The Labute approximate surface area is 174 Å². The fourth-order valence-corrected chi connectivity index (χ4v) is 3.88. The summed E-state index contributed by atoms with van der Waals surface area (Å²) in [5, 5.41) is 3.48. The molecule has 1 saturated heterocycles. The second-order valence-corrected chi connectivity index (χ2v) is 7.71. The Morgan fingerprint density at radius 2 is 1.83 bits per heavy atom. The van der Waals surface area contributed by atoms with Gasteiger partial charge in [-0.1, -0.05) is 12.1 Å². The van der Waals surface area contributed by atoms with Crippen molar-refractivity contribution < 1.29 is 14.0 Å². The average molecular weight is 408 g/mol. The Balaban J connectivity index is 1.37. The molecule has 30 heavy (non-hydrogen) atoms. The number of benzene rings is 2. The van der Waals surface area contributed by atoms with Crippen molar-refractivity contribution in [3.05, 3.63) is 65.6 Å². The van der Waals surface area contributed by atoms with Crippen molar-refractivity contribution in [3.63, 3.8) is 0 Å². The van der Waals surface area contributed by atoms with E-state index in [0.29, 0.717) is 24.2 Å². The predicted octanol–water partition coefficient (Wildman–Crippen LogP) is 3.61. The highest BCUT2D eigenvalue weighted by atomic mass is 19.1. The van der Waals surface area contributed by atoms with Crippen LogP contribution in [0, 0.1) is 5.82 Å². The van der Waals surface area contributed by atoms with Gasteiger partial charge in [0.25, 0.3) is 5.91 Å². The molecule has 0 spiro atoms. The summed E-state index contributed by atoms with van der Waals surface area (Å²) in [4.78, 5) is 31.4. The predicted molar refractivity (Wildman–Crippen MR) is 115 cm³/mol. The highest BCUT2D eigenvalue weighted by Gasteiger charge is 2.21. The number of anilines is 1. The summed E-state index contributed by atoms with van der Waals surface area (Å²) >= 11 is 0. The smallest absolute Gasteiger partial charge is 0.270 e. The monoisotopic (exact) mass is 408 g/mol. The van der Waals surface area contributed by atoms with Crippen LogP contribution in [0.15, 0.2) is 48.5 Å². The van der Waals surface area contributed by atoms with E-state index in [4.69, 9.17) is 0 Å². The summed E-state index contributed by atoms with van der Waals surface area (Å²) in [6.07, 6.45) is 0.893. The lowest BCUT2D eigenvalue weighted by Gasteiger charge is -2.22. The molecule has 0 bridgehead atoms. The SMILES string of the molecule is CC(=O)Nc1ccc(CN2CCCN(C(=O)c3cc4cc(F)ccc4[nH]3)CC2)cc1. The summed E-state index contributed by atoms with van der Waals surface area (Å²) in [5.41, 5.74) is 3.22. The quantitative estimate of drug-likeness (QED) is 0.693. The number of carbonyl (C=O) groups is 2. The van der Waals surface area contributed by atoms with Gasteiger partial charge in [-0.05, 0) is 48.4 Å². The minimum Gasteiger partial charge on any atom is -0.351 e. The first-order valence-electron chi connectivity index (χ1n) is 10.1. The maximum atomic E-state index is 13.4. The van der Waals surface area contributed by atoms with Crippen LogP contribution in [0.3, 0.4) is 0 Å². The Morgan fingerprint density at radius 3 is 2.60 bits per heavy atom. The van der Waals surface area contributed by atoms with Gasteiger partial charge < -0.3 is 15.2 Å². The first kappa shape index (κ1) is 20.1. The summed E-state index contributed by atoms with van der Waals surface area (Å²) in [6.45, 7) is 5.33. The van der Waals surface area contributed by atoms with Gasteiger partial charge in [-0.15, -0.1) is 0 Å². The van der Waals surface area contributed by atoms with Crippen molar-refractivity contribution in [2.75, 3.05) is 31.5 Å². The minimum atomic E-state index is -0.309. The molecule has 1 aliphatic heterocycles. The third-order valence-corrected chi connectivity index (χ3v) is 5.37. The summed E-state index contributed by atoms with van der Waals surface area (Å²) in [5.74, 6) is -0.440. The van der Waals surface area contributed by atoms with Crippen LogP contribution >= 0.6 is 0 Å². The lowest BCUT2D eigenvalue weighted by molar-refractivity contribution is -0.114. The lowest BCUT2D eigenvalue weighted by Crippen LogP contribution is -2.35. The van der Waals surface area contributed by atoms with E-state index in [1.54, 1.807) is 12.1 Å². The first-order chi connectivity index (χ1) is 14.5. The summed E-state index contributed by atoms with van der Waals surface area (Å²) in [6, 6.07) is 14.0. The highest BCUT2D eigenvalue weighted by molar-refractivity contribution is 5.98. The molecule has 2 amide bonds. The molecular weight excluding hydrogens is 383 g/mol. The summed E-state index contributed by atoms with van der Waals surface area (Å²) < 4.78 is 13.4.